The van der Waals surface area contributed by atoms with E-state index < -0.39 is 0 Å². The summed E-state index contributed by atoms with van der Waals surface area (Å²) in [4.78, 5) is 0. The molecule has 0 fully saturated rings. The van der Waals surface area contributed by atoms with Gasteiger partial charge in [0.05, 0.1) is 0 Å². The second-order valence-corrected chi connectivity index (χ2v) is 5.41. The van der Waals surface area contributed by atoms with E-state index in [1.54, 1.807) is 7.11 Å². The van der Waals surface area contributed by atoms with Crippen LogP contribution in [0.2, 0.25) is 0 Å². The quantitative estimate of drug-likeness (QED) is 0.480. The van der Waals surface area contributed by atoms with Gasteiger partial charge in [0.2, 0.25) is 0 Å². The van der Waals surface area contributed by atoms with E-state index in [9.17, 15) is 0 Å². The number of unbranched alkanes of at least 4 members (excludes halogenated alkanes) is 1. The maximum absolute atomic E-state index is 6.17. The van der Waals surface area contributed by atoms with Crippen LogP contribution in [0.15, 0.2) is 30.3 Å². The molecule has 0 aromatic heterocycles. The van der Waals surface area contributed by atoms with E-state index in [1.807, 2.05) is 6.07 Å². The molecule has 0 saturated heterocycles. The number of halogens is 2. The molecule has 1 nitrogen and oxygen atoms in total. The van der Waals surface area contributed by atoms with Crippen molar-refractivity contribution in [3.63, 3.8) is 0 Å². The van der Waals surface area contributed by atoms with Crippen LogP contribution in [0, 0.1) is 5.41 Å². The number of ether oxygens (including phenoxy) is 1. The average molecular weight is 289 g/mol. The van der Waals surface area contributed by atoms with Crippen molar-refractivity contribution < 1.29 is 4.74 Å². The van der Waals surface area contributed by atoms with Gasteiger partial charge in [0.15, 0.2) is 0 Å². The largest absolute Gasteiger partial charge is 0.385 e. The first kappa shape index (κ1) is 15.8. The molecule has 3 heteroatoms. The van der Waals surface area contributed by atoms with Gasteiger partial charge in [-0.05, 0) is 24.8 Å². The Morgan fingerprint density at radius 2 is 1.72 bits per heavy atom. The third-order valence-electron chi connectivity index (χ3n) is 3.29. The Kier molecular flexibility index (Phi) is 7.73. The zero-order chi connectivity index (χ0) is 13.3. The molecule has 1 rings (SSSR count). The third kappa shape index (κ3) is 5.17. The summed E-state index contributed by atoms with van der Waals surface area (Å²) in [7, 11) is 1.74. The van der Waals surface area contributed by atoms with E-state index in [2.05, 4.69) is 24.3 Å². The molecule has 0 radical (unpaired) electrons. The minimum Gasteiger partial charge on any atom is -0.385 e. The Balaban J connectivity index is 2.56. The number of alkyl halides is 2. The van der Waals surface area contributed by atoms with Crippen molar-refractivity contribution in [3.8, 4) is 0 Å². The first-order valence-electron chi connectivity index (χ1n) is 6.41. The van der Waals surface area contributed by atoms with Crippen molar-refractivity contribution in [2.45, 2.75) is 25.7 Å². The van der Waals surface area contributed by atoms with Crippen molar-refractivity contribution in [2.75, 3.05) is 25.5 Å². The number of methoxy groups -OCH3 is 1. The summed E-state index contributed by atoms with van der Waals surface area (Å²) in [5, 5.41) is 0. The van der Waals surface area contributed by atoms with Gasteiger partial charge < -0.3 is 4.74 Å². The first-order chi connectivity index (χ1) is 8.76. The Labute approximate surface area is 120 Å². The summed E-state index contributed by atoms with van der Waals surface area (Å²) < 4.78 is 5.08. The molecule has 0 saturated carbocycles. The third-order valence-corrected chi connectivity index (χ3v) is 4.43. The second-order valence-electron chi connectivity index (χ2n) is 4.88. The summed E-state index contributed by atoms with van der Waals surface area (Å²) >= 11 is 12.3. The van der Waals surface area contributed by atoms with Crippen LogP contribution in [0.25, 0.3) is 0 Å². The molecule has 0 aliphatic rings. The van der Waals surface area contributed by atoms with Crippen LogP contribution in [0.3, 0.4) is 0 Å². The Hall–Kier alpha value is -0.240. The van der Waals surface area contributed by atoms with Crippen LogP contribution in [0.1, 0.15) is 24.8 Å². The minimum atomic E-state index is 0.0121. The van der Waals surface area contributed by atoms with Crippen LogP contribution in [-0.4, -0.2) is 25.5 Å². The fourth-order valence-electron chi connectivity index (χ4n) is 2.13. The average Bonchev–Trinajstić information content (AvgIpc) is 2.43. The predicted molar refractivity (Wildman–Crippen MR) is 79.7 cm³/mol. The number of hydrogen-bond acceptors (Lipinski definition) is 1. The standard InChI is InChI=1S/C15H22Cl2O/c1-18-10-6-5-9-15(12-16,13-17)11-14-7-3-2-4-8-14/h2-4,7-8H,5-6,9-13H2,1H3. The molecule has 1 aromatic rings. The highest BCUT2D eigenvalue weighted by Crippen LogP contribution is 2.32. The van der Waals surface area contributed by atoms with E-state index >= 15 is 0 Å². The highest BCUT2D eigenvalue weighted by Gasteiger charge is 2.28. The van der Waals surface area contributed by atoms with Crippen molar-refractivity contribution in [1.29, 1.82) is 0 Å². The van der Waals surface area contributed by atoms with Gasteiger partial charge in [0.1, 0.15) is 0 Å². The normalized spacial score (nSPS) is 11.7. The lowest BCUT2D eigenvalue weighted by molar-refractivity contribution is 0.186. The van der Waals surface area contributed by atoms with Gasteiger partial charge >= 0.3 is 0 Å². The van der Waals surface area contributed by atoms with Gasteiger partial charge in [-0.1, -0.05) is 36.8 Å². The predicted octanol–water partition coefficient (Wildman–Crippen LogP) is 4.51. The number of hydrogen-bond donors (Lipinski definition) is 0. The van der Waals surface area contributed by atoms with Crippen LogP contribution in [-0.2, 0) is 11.2 Å². The minimum absolute atomic E-state index is 0.0121. The Morgan fingerprint density at radius 1 is 1.06 bits per heavy atom. The van der Waals surface area contributed by atoms with Crippen molar-refractivity contribution in [3.05, 3.63) is 35.9 Å². The maximum atomic E-state index is 6.17. The van der Waals surface area contributed by atoms with Crippen molar-refractivity contribution in [2.24, 2.45) is 5.41 Å². The van der Waals surface area contributed by atoms with Gasteiger partial charge in [0, 0.05) is 30.9 Å². The van der Waals surface area contributed by atoms with E-state index in [0.717, 1.165) is 32.3 Å². The number of benzene rings is 1. The monoisotopic (exact) mass is 288 g/mol. The molecular weight excluding hydrogens is 267 g/mol. The van der Waals surface area contributed by atoms with Gasteiger partial charge in [-0.15, -0.1) is 23.2 Å². The Bertz CT molecular complexity index is 310. The topological polar surface area (TPSA) is 9.23 Å². The number of rotatable bonds is 9. The molecule has 18 heavy (non-hydrogen) atoms. The molecule has 0 spiro atoms. The molecule has 102 valence electrons. The lowest BCUT2D eigenvalue weighted by Crippen LogP contribution is -2.28. The molecule has 0 aliphatic carbocycles. The molecule has 0 heterocycles. The molecule has 0 bridgehead atoms. The summed E-state index contributed by atoms with van der Waals surface area (Å²) in [6.45, 7) is 0.811. The molecule has 0 N–H and O–H groups in total. The van der Waals surface area contributed by atoms with Gasteiger partial charge in [-0.3, -0.25) is 0 Å². The summed E-state index contributed by atoms with van der Waals surface area (Å²) in [5.74, 6) is 1.22. The van der Waals surface area contributed by atoms with E-state index in [1.165, 1.54) is 5.56 Å². The molecule has 0 aliphatic heterocycles. The zero-order valence-corrected chi connectivity index (χ0v) is 12.5. The fraction of sp³-hybridized carbons (Fsp3) is 0.600. The zero-order valence-electron chi connectivity index (χ0n) is 11.0. The van der Waals surface area contributed by atoms with Crippen LogP contribution >= 0.6 is 23.2 Å². The molecule has 0 atom stereocenters. The Morgan fingerprint density at radius 3 is 2.28 bits per heavy atom. The van der Waals surface area contributed by atoms with Crippen LogP contribution < -0.4 is 0 Å². The molecule has 1 aromatic carbocycles. The fourth-order valence-corrected chi connectivity index (χ4v) is 2.87. The summed E-state index contributed by atoms with van der Waals surface area (Å²) in [5.41, 5.74) is 1.32. The second kappa shape index (κ2) is 8.79. The SMILES string of the molecule is COCCCCC(CCl)(CCl)Cc1ccccc1. The van der Waals surface area contributed by atoms with Crippen molar-refractivity contribution >= 4 is 23.2 Å². The highest BCUT2D eigenvalue weighted by atomic mass is 35.5. The van der Waals surface area contributed by atoms with Crippen LogP contribution in [0.5, 0.6) is 0 Å². The lowest BCUT2D eigenvalue weighted by atomic mass is 9.81. The molecule has 0 amide bonds. The lowest BCUT2D eigenvalue weighted by Gasteiger charge is -2.30. The molecule has 0 unspecified atom stereocenters. The van der Waals surface area contributed by atoms with Crippen molar-refractivity contribution in [1.82, 2.24) is 0 Å². The van der Waals surface area contributed by atoms with E-state index in [0.29, 0.717) is 11.8 Å². The van der Waals surface area contributed by atoms with Gasteiger partial charge in [-0.2, -0.15) is 0 Å². The van der Waals surface area contributed by atoms with E-state index in [4.69, 9.17) is 27.9 Å². The van der Waals surface area contributed by atoms with Gasteiger partial charge in [-0.25, -0.2) is 0 Å². The summed E-state index contributed by atoms with van der Waals surface area (Å²) in [6.07, 6.45) is 4.19. The first-order valence-corrected chi connectivity index (χ1v) is 7.48. The van der Waals surface area contributed by atoms with Gasteiger partial charge in [0.25, 0.3) is 0 Å². The maximum Gasteiger partial charge on any atom is 0.0462 e. The highest BCUT2D eigenvalue weighted by molar-refractivity contribution is 6.21. The van der Waals surface area contributed by atoms with E-state index in [-0.39, 0.29) is 5.41 Å². The van der Waals surface area contributed by atoms with Crippen LogP contribution in [0.4, 0.5) is 0 Å². The smallest absolute Gasteiger partial charge is 0.0462 e. The summed E-state index contributed by atoms with van der Waals surface area (Å²) in [6, 6.07) is 10.4. The molecular formula is C15H22Cl2O.